The summed E-state index contributed by atoms with van der Waals surface area (Å²) in [6.45, 7) is 0.747. The molecule has 0 fully saturated rings. The number of rotatable bonds is 2. The van der Waals surface area contributed by atoms with Crippen molar-refractivity contribution in [1.82, 2.24) is 20.0 Å². The van der Waals surface area contributed by atoms with Gasteiger partial charge in [-0.05, 0) is 18.1 Å². The maximum Gasteiger partial charge on any atom is 0.362 e. The monoisotopic (exact) mass is 259 g/mol. The molecular formula is C12H13N5O2. The molecule has 1 unspecified atom stereocenters. The van der Waals surface area contributed by atoms with Crippen molar-refractivity contribution in [3.8, 4) is 0 Å². The molecule has 0 amide bonds. The van der Waals surface area contributed by atoms with Crippen LogP contribution in [0.4, 0.5) is 5.82 Å². The van der Waals surface area contributed by atoms with E-state index >= 15 is 0 Å². The number of carbonyl (C=O) groups is 1. The molecule has 0 saturated heterocycles. The van der Waals surface area contributed by atoms with Gasteiger partial charge in [0.05, 0.1) is 13.2 Å². The molecule has 2 aromatic heterocycles. The summed E-state index contributed by atoms with van der Waals surface area (Å²) in [4.78, 5) is 15.7. The third kappa shape index (κ3) is 1.92. The van der Waals surface area contributed by atoms with E-state index in [0.717, 1.165) is 18.5 Å². The second-order valence-corrected chi connectivity index (χ2v) is 4.24. The number of nitrogens with one attached hydrogen (secondary N) is 1. The van der Waals surface area contributed by atoms with Crippen molar-refractivity contribution in [2.75, 3.05) is 19.0 Å². The van der Waals surface area contributed by atoms with Gasteiger partial charge >= 0.3 is 5.97 Å². The Kier molecular flexibility index (Phi) is 2.86. The highest BCUT2D eigenvalue weighted by atomic mass is 16.5. The highest BCUT2D eigenvalue weighted by Gasteiger charge is 2.28. The van der Waals surface area contributed by atoms with E-state index in [9.17, 15) is 4.79 Å². The lowest BCUT2D eigenvalue weighted by Gasteiger charge is -2.25. The number of hydrogen-bond acceptors (Lipinski definition) is 6. The Balaban J connectivity index is 2.02. The molecule has 1 N–H and O–H groups in total. The standard InChI is InChI=1S/C12H13N5O2/c1-19-12(18)10-11-14-6-4-9(17(11)16-15-10)8-3-2-5-13-7-8/h2-3,5,7,9,14H,4,6H2,1H3. The fourth-order valence-electron chi connectivity index (χ4n) is 2.24. The van der Waals surface area contributed by atoms with Crippen molar-refractivity contribution in [1.29, 1.82) is 0 Å². The zero-order valence-corrected chi connectivity index (χ0v) is 10.4. The Morgan fingerprint density at radius 2 is 2.47 bits per heavy atom. The highest BCUT2D eigenvalue weighted by molar-refractivity contribution is 5.92. The first kappa shape index (κ1) is 11.6. The largest absolute Gasteiger partial charge is 0.464 e. The molecule has 98 valence electrons. The van der Waals surface area contributed by atoms with Crippen molar-refractivity contribution in [3.63, 3.8) is 0 Å². The minimum atomic E-state index is -0.486. The Morgan fingerprint density at radius 3 is 3.21 bits per heavy atom. The summed E-state index contributed by atoms with van der Waals surface area (Å²) in [6.07, 6.45) is 4.40. The van der Waals surface area contributed by atoms with E-state index in [0.29, 0.717) is 5.82 Å². The van der Waals surface area contributed by atoms with Crippen LogP contribution in [0.25, 0.3) is 0 Å². The second kappa shape index (κ2) is 4.68. The van der Waals surface area contributed by atoms with Gasteiger partial charge in [0.1, 0.15) is 0 Å². The molecule has 1 aliphatic heterocycles. The lowest BCUT2D eigenvalue weighted by atomic mass is 10.0. The first-order valence-corrected chi connectivity index (χ1v) is 5.98. The average molecular weight is 259 g/mol. The van der Waals surface area contributed by atoms with Gasteiger partial charge in [-0.2, -0.15) is 0 Å². The van der Waals surface area contributed by atoms with Crippen molar-refractivity contribution >= 4 is 11.8 Å². The summed E-state index contributed by atoms with van der Waals surface area (Å²) in [5.74, 6) is 0.118. The molecule has 1 aliphatic rings. The average Bonchev–Trinajstić information content (AvgIpc) is 2.91. The number of anilines is 1. The molecule has 0 bridgehead atoms. The zero-order chi connectivity index (χ0) is 13.2. The van der Waals surface area contributed by atoms with E-state index in [1.807, 2.05) is 12.1 Å². The molecule has 1 atom stereocenters. The minimum Gasteiger partial charge on any atom is -0.464 e. The van der Waals surface area contributed by atoms with E-state index in [4.69, 9.17) is 4.74 Å². The Hall–Kier alpha value is -2.44. The fourth-order valence-corrected chi connectivity index (χ4v) is 2.24. The summed E-state index contributed by atoms with van der Waals surface area (Å²) in [5.41, 5.74) is 1.27. The van der Waals surface area contributed by atoms with Gasteiger partial charge in [-0.3, -0.25) is 4.98 Å². The molecule has 0 spiro atoms. The molecule has 0 radical (unpaired) electrons. The quantitative estimate of drug-likeness (QED) is 0.806. The molecular weight excluding hydrogens is 246 g/mol. The summed E-state index contributed by atoms with van der Waals surface area (Å²) in [5, 5.41) is 11.1. The molecule has 7 heteroatoms. The van der Waals surface area contributed by atoms with Crippen LogP contribution in [0.3, 0.4) is 0 Å². The minimum absolute atomic E-state index is 0.0378. The molecule has 3 heterocycles. The number of carbonyl (C=O) groups excluding carboxylic acids is 1. The van der Waals surface area contributed by atoms with Crippen molar-refractivity contribution in [2.45, 2.75) is 12.5 Å². The Bertz CT molecular complexity index is 595. The summed E-state index contributed by atoms with van der Waals surface area (Å²) in [6, 6.07) is 3.91. The molecule has 2 aromatic rings. The van der Waals surface area contributed by atoms with Gasteiger partial charge in [0.25, 0.3) is 0 Å². The predicted molar refractivity (Wildman–Crippen MR) is 66.8 cm³/mol. The number of pyridine rings is 1. The maximum absolute atomic E-state index is 11.6. The highest BCUT2D eigenvalue weighted by Crippen LogP contribution is 2.29. The van der Waals surface area contributed by atoms with Crippen molar-refractivity contribution in [3.05, 3.63) is 35.8 Å². The molecule has 7 nitrogen and oxygen atoms in total. The van der Waals surface area contributed by atoms with Crippen LogP contribution in [-0.2, 0) is 4.74 Å². The Morgan fingerprint density at radius 1 is 1.58 bits per heavy atom. The smallest absolute Gasteiger partial charge is 0.362 e. The number of hydrogen-bond donors (Lipinski definition) is 1. The third-order valence-corrected chi connectivity index (χ3v) is 3.15. The van der Waals surface area contributed by atoms with Crippen molar-refractivity contribution < 1.29 is 9.53 Å². The maximum atomic E-state index is 11.6. The predicted octanol–water partition coefficient (Wildman–Crippen LogP) is 0.865. The number of ether oxygens (including phenoxy) is 1. The van der Waals surface area contributed by atoms with E-state index in [1.54, 1.807) is 17.1 Å². The van der Waals surface area contributed by atoms with Crippen LogP contribution in [0, 0.1) is 0 Å². The topological polar surface area (TPSA) is 81.9 Å². The lowest BCUT2D eigenvalue weighted by molar-refractivity contribution is 0.0595. The van der Waals surface area contributed by atoms with Gasteiger partial charge in [-0.25, -0.2) is 9.48 Å². The van der Waals surface area contributed by atoms with E-state index in [-0.39, 0.29) is 11.7 Å². The van der Waals surface area contributed by atoms with Crippen LogP contribution in [0.1, 0.15) is 28.5 Å². The fraction of sp³-hybridized carbons (Fsp3) is 0.333. The summed E-state index contributed by atoms with van der Waals surface area (Å²) in [7, 11) is 1.33. The van der Waals surface area contributed by atoms with Gasteiger partial charge in [-0.1, -0.05) is 11.3 Å². The second-order valence-electron chi connectivity index (χ2n) is 4.24. The van der Waals surface area contributed by atoms with Crippen LogP contribution in [0.15, 0.2) is 24.5 Å². The van der Waals surface area contributed by atoms with Crippen LogP contribution in [0.5, 0.6) is 0 Å². The van der Waals surface area contributed by atoms with Gasteiger partial charge < -0.3 is 10.1 Å². The molecule has 19 heavy (non-hydrogen) atoms. The number of esters is 1. The van der Waals surface area contributed by atoms with E-state index < -0.39 is 5.97 Å². The number of methoxy groups -OCH3 is 1. The molecule has 0 aromatic carbocycles. The van der Waals surface area contributed by atoms with Crippen LogP contribution < -0.4 is 5.32 Å². The number of fused-ring (bicyclic) bond motifs is 1. The van der Waals surface area contributed by atoms with Crippen LogP contribution >= 0.6 is 0 Å². The third-order valence-electron chi connectivity index (χ3n) is 3.15. The van der Waals surface area contributed by atoms with Gasteiger partial charge in [0, 0.05) is 18.9 Å². The van der Waals surface area contributed by atoms with E-state index in [1.165, 1.54) is 7.11 Å². The molecule has 3 rings (SSSR count). The SMILES string of the molecule is COC(=O)c1nnn2c1NCCC2c1cccnc1. The van der Waals surface area contributed by atoms with Gasteiger partial charge in [0.15, 0.2) is 5.82 Å². The van der Waals surface area contributed by atoms with Crippen LogP contribution in [-0.4, -0.2) is 39.6 Å². The normalized spacial score (nSPS) is 17.4. The first-order valence-electron chi connectivity index (χ1n) is 5.98. The first-order chi connectivity index (χ1) is 9.31. The Labute approximate surface area is 109 Å². The van der Waals surface area contributed by atoms with Crippen molar-refractivity contribution in [2.24, 2.45) is 0 Å². The zero-order valence-electron chi connectivity index (χ0n) is 10.4. The summed E-state index contributed by atoms with van der Waals surface area (Å²) < 4.78 is 6.41. The number of nitrogens with zero attached hydrogens (tertiary/aromatic N) is 4. The molecule has 0 saturated carbocycles. The number of aromatic nitrogens is 4. The van der Waals surface area contributed by atoms with Gasteiger partial charge in [-0.15, -0.1) is 5.10 Å². The van der Waals surface area contributed by atoms with Gasteiger partial charge in [0.2, 0.25) is 5.69 Å². The lowest BCUT2D eigenvalue weighted by Crippen LogP contribution is -2.25. The van der Waals surface area contributed by atoms with Crippen LogP contribution in [0.2, 0.25) is 0 Å². The van der Waals surface area contributed by atoms with E-state index in [2.05, 4.69) is 20.6 Å². The summed E-state index contributed by atoms with van der Waals surface area (Å²) >= 11 is 0. The molecule has 0 aliphatic carbocycles.